The van der Waals surface area contributed by atoms with Crippen molar-refractivity contribution >= 4 is 11.0 Å². The molecule has 90 valence electrons. The summed E-state index contributed by atoms with van der Waals surface area (Å²) in [4.78, 5) is 18.7. The van der Waals surface area contributed by atoms with Crippen molar-refractivity contribution in [1.29, 1.82) is 0 Å². The Balaban J connectivity index is 2.63. The first kappa shape index (κ1) is 11.6. The van der Waals surface area contributed by atoms with Crippen molar-refractivity contribution in [3.63, 3.8) is 0 Å². The van der Waals surface area contributed by atoms with Crippen LogP contribution < -0.4 is 5.56 Å². The highest BCUT2D eigenvalue weighted by Gasteiger charge is 2.11. The van der Waals surface area contributed by atoms with Gasteiger partial charge in [-0.15, -0.1) is 0 Å². The summed E-state index contributed by atoms with van der Waals surface area (Å²) in [6.07, 6.45) is 2.48. The minimum Gasteiger partial charge on any atom is -0.507 e. The quantitative estimate of drug-likeness (QED) is 0.853. The summed E-state index contributed by atoms with van der Waals surface area (Å²) in [6, 6.07) is 3.61. The van der Waals surface area contributed by atoms with Gasteiger partial charge in [0.1, 0.15) is 11.4 Å². The van der Waals surface area contributed by atoms with Gasteiger partial charge in [0, 0.05) is 5.69 Å². The Morgan fingerprint density at radius 2 is 2.18 bits per heavy atom. The molecule has 2 N–H and O–H groups in total. The standard InChI is InChI=1S/C13H16N2O2/c1-3-4-5-10-11(16)9-7-6-8(2)14-12(9)15-13(10)17/h6-7H,3-5H2,1-2H3,(H2,14,15,16,17). The van der Waals surface area contributed by atoms with Crippen molar-refractivity contribution in [2.24, 2.45) is 0 Å². The second-order valence-electron chi connectivity index (χ2n) is 4.23. The molecule has 0 aliphatic carbocycles. The molecule has 0 aromatic carbocycles. The van der Waals surface area contributed by atoms with E-state index in [4.69, 9.17) is 0 Å². The minimum atomic E-state index is -0.235. The van der Waals surface area contributed by atoms with Crippen LogP contribution in [0.3, 0.4) is 0 Å². The van der Waals surface area contributed by atoms with E-state index in [-0.39, 0.29) is 11.3 Å². The minimum absolute atomic E-state index is 0.0738. The van der Waals surface area contributed by atoms with E-state index >= 15 is 0 Å². The maximum Gasteiger partial charge on any atom is 0.256 e. The molecule has 0 radical (unpaired) electrons. The van der Waals surface area contributed by atoms with Crippen molar-refractivity contribution in [2.45, 2.75) is 33.1 Å². The zero-order valence-corrected chi connectivity index (χ0v) is 10.1. The molecule has 0 amide bonds. The summed E-state index contributed by atoms with van der Waals surface area (Å²) >= 11 is 0. The van der Waals surface area contributed by atoms with Gasteiger partial charge in [-0.25, -0.2) is 4.98 Å². The van der Waals surface area contributed by atoms with Gasteiger partial charge >= 0.3 is 0 Å². The molecule has 0 unspecified atom stereocenters. The third-order valence-corrected chi connectivity index (χ3v) is 2.86. The van der Waals surface area contributed by atoms with Gasteiger partial charge in [0.25, 0.3) is 5.56 Å². The van der Waals surface area contributed by atoms with Gasteiger partial charge in [-0.1, -0.05) is 13.3 Å². The van der Waals surface area contributed by atoms with Crippen molar-refractivity contribution < 1.29 is 5.11 Å². The van der Waals surface area contributed by atoms with Crippen LogP contribution in [0.4, 0.5) is 0 Å². The van der Waals surface area contributed by atoms with E-state index < -0.39 is 0 Å². The monoisotopic (exact) mass is 232 g/mol. The lowest BCUT2D eigenvalue weighted by molar-refractivity contribution is 0.471. The molecule has 0 fully saturated rings. The maximum atomic E-state index is 11.8. The second kappa shape index (κ2) is 4.57. The first-order valence-electron chi connectivity index (χ1n) is 5.85. The van der Waals surface area contributed by atoms with Crippen LogP contribution in [0.2, 0.25) is 0 Å². The molecule has 0 atom stereocenters. The normalized spacial score (nSPS) is 10.9. The van der Waals surface area contributed by atoms with Crippen LogP contribution in [0, 0.1) is 6.92 Å². The van der Waals surface area contributed by atoms with E-state index in [1.807, 2.05) is 13.0 Å². The number of H-pyrrole nitrogens is 1. The summed E-state index contributed by atoms with van der Waals surface area (Å²) in [5.74, 6) is 0.0738. The third kappa shape index (κ3) is 2.16. The number of aromatic hydroxyl groups is 1. The highest BCUT2D eigenvalue weighted by Crippen LogP contribution is 2.24. The molecule has 17 heavy (non-hydrogen) atoms. The molecule has 4 nitrogen and oxygen atoms in total. The summed E-state index contributed by atoms with van der Waals surface area (Å²) in [6.45, 7) is 3.90. The van der Waals surface area contributed by atoms with Crippen LogP contribution >= 0.6 is 0 Å². The molecule has 0 saturated heterocycles. The summed E-state index contributed by atoms with van der Waals surface area (Å²) in [5, 5.41) is 10.7. The number of fused-ring (bicyclic) bond motifs is 1. The highest BCUT2D eigenvalue weighted by molar-refractivity contribution is 5.82. The van der Waals surface area contributed by atoms with E-state index in [9.17, 15) is 9.90 Å². The molecule has 0 spiro atoms. The van der Waals surface area contributed by atoms with Gasteiger partial charge in [-0.2, -0.15) is 0 Å². The molecule has 0 saturated carbocycles. The van der Waals surface area contributed by atoms with Gasteiger partial charge in [-0.05, 0) is 31.9 Å². The van der Waals surface area contributed by atoms with Gasteiger partial charge in [0.2, 0.25) is 0 Å². The van der Waals surface area contributed by atoms with Crippen molar-refractivity contribution in [3.05, 3.63) is 33.7 Å². The number of unbranched alkanes of at least 4 members (excludes halogenated alkanes) is 1. The highest BCUT2D eigenvalue weighted by atomic mass is 16.3. The number of rotatable bonds is 3. The lowest BCUT2D eigenvalue weighted by Crippen LogP contribution is -2.13. The number of aryl methyl sites for hydroxylation is 1. The van der Waals surface area contributed by atoms with Gasteiger partial charge in [0.05, 0.1) is 10.9 Å². The number of aromatic nitrogens is 2. The summed E-state index contributed by atoms with van der Waals surface area (Å²) in [5.41, 5.74) is 1.49. The fraction of sp³-hybridized carbons (Fsp3) is 0.385. The molecule has 0 bridgehead atoms. The number of pyridine rings is 2. The Morgan fingerprint density at radius 1 is 1.41 bits per heavy atom. The van der Waals surface area contributed by atoms with E-state index in [2.05, 4.69) is 16.9 Å². The van der Waals surface area contributed by atoms with Crippen molar-refractivity contribution in [2.75, 3.05) is 0 Å². The molecular weight excluding hydrogens is 216 g/mol. The maximum absolute atomic E-state index is 11.8. The lowest BCUT2D eigenvalue weighted by atomic mass is 10.1. The fourth-order valence-corrected chi connectivity index (χ4v) is 1.88. The number of nitrogens with one attached hydrogen (secondary N) is 1. The van der Waals surface area contributed by atoms with Crippen LogP contribution in [0.15, 0.2) is 16.9 Å². The number of hydrogen-bond acceptors (Lipinski definition) is 3. The Kier molecular flexibility index (Phi) is 3.13. The molecule has 2 heterocycles. The molecule has 0 aliphatic rings. The zero-order valence-electron chi connectivity index (χ0n) is 10.1. The average molecular weight is 232 g/mol. The lowest BCUT2D eigenvalue weighted by Gasteiger charge is -2.06. The molecule has 2 aromatic heterocycles. The van der Waals surface area contributed by atoms with Gasteiger partial charge in [-0.3, -0.25) is 4.79 Å². The van der Waals surface area contributed by atoms with Crippen LogP contribution in [-0.2, 0) is 6.42 Å². The average Bonchev–Trinajstić information content (AvgIpc) is 2.28. The van der Waals surface area contributed by atoms with Gasteiger partial charge < -0.3 is 10.1 Å². The van der Waals surface area contributed by atoms with E-state index in [0.717, 1.165) is 18.5 Å². The van der Waals surface area contributed by atoms with Crippen LogP contribution in [0.1, 0.15) is 31.0 Å². The summed E-state index contributed by atoms with van der Waals surface area (Å²) < 4.78 is 0. The fourth-order valence-electron chi connectivity index (χ4n) is 1.88. The van der Waals surface area contributed by atoms with E-state index in [0.29, 0.717) is 23.0 Å². The predicted molar refractivity (Wildman–Crippen MR) is 67.4 cm³/mol. The molecule has 2 aromatic rings. The third-order valence-electron chi connectivity index (χ3n) is 2.86. The SMILES string of the molecule is CCCCc1c(O)c2ccc(C)nc2[nH]c1=O. The number of aromatic amines is 1. The summed E-state index contributed by atoms with van der Waals surface area (Å²) in [7, 11) is 0. The number of hydrogen-bond donors (Lipinski definition) is 2. The zero-order chi connectivity index (χ0) is 12.4. The second-order valence-corrected chi connectivity index (χ2v) is 4.23. The Bertz CT molecular complexity index is 602. The Hall–Kier alpha value is -1.84. The van der Waals surface area contributed by atoms with E-state index in [1.165, 1.54) is 0 Å². The first-order chi connectivity index (χ1) is 8.13. The molecule has 2 rings (SSSR count). The van der Waals surface area contributed by atoms with Gasteiger partial charge in [0.15, 0.2) is 0 Å². The molecule has 0 aliphatic heterocycles. The van der Waals surface area contributed by atoms with Crippen molar-refractivity contribution in [1.82, 2.24) is 9.97 Å². The molecule has 4 heteroatoms. The predicted octanol–water partition coefficient (Wildman–Crippen LogP) is 2.28. The Morgan fingerprint density at radius 3 is 2.88 bits per heavy atom. The smallest absolute Gasteiger partial charge is 0.256 e. The molecular formula is C13H16N2O2. The van der Waals surface area contributed by atoms with Crippen molar-refractivity contribution in [3.8, 4) is 5.75 Å². The Labute approximate surface area is 99.3 Å². The topological polar surface area (TPSA) is 66.0 Å². The van der Waals surface area contributed by atoms with E-state index in [1.54, 1.807) is 6.07 Å². The number of nitrogens with zero attached hydrogens (tertiary/aromatic N) is 1. The van der Waals surface area contributed by atoms with Crippen LogP contribution in [0.5, 0.6) is 5.75 Å². The first-order valence-corrected chi connectivity index (χ1v) is 5.85. The van der Waals surface area contributed by atoms with Crippen LogP contribution in [-0.4, -0.2) is 15.1 Å². The largest absolute Gasteiger partial charge is 0.507 e. The van der Waals surface area contributed by atoms with Crippen LogP contribution in [0.25, 0.3) is 11.0 Å².